The van der Waals surface area contributed by atoms with Crippen LogP contribution in [-0.2, 0) is 4.79 Å². The first-order valence-corrected chi connectivity index (χ1v) is 4.75. The number of likely N-dealkylation sites (N-methyl/N-ethyl adjacent to an activating group) is 1. The summed E-state index contributed by atoms with van der Waals surface area (Å²) in [5.41, 5.74) is 5.40. The molecule has 0 aliphatic rings. The average molecular weight is 203 g/mol. The highest BCUT2D eigenvalue weighted by Gasteiger charge is 2.13. The van der Waals surface area contributed by atoms with E-state index in [1.165, 1.54) is 0 Å². The molecule has 0 bridgehead atoms. The molecule has 0 aromatic heterocycles. The summed E-state index contributed by atoms with van der Waals surface area (Å²) in [7, 11) is 5.92. The third kappa shape index (κ3) is 6.82. The maximum Gasteiger partial charge on any atom is 0.321 e. The van der Waals surface area contributed by atoms with Gasteiger partial charge < -0.3 is 20.6 Å². The monoisotopic (exact) mass is 203 g/mol. The van der Waals surface area contributed by atoms with Gasteiger partial charge in [-0.2, -0.15) is 0 Å². The quantitative estimate of drug-likeness (QED) is 0.571. The lowest BCUT2D eigenvalue weighted by atomic mass is 10.3. The molecule has 1 atom stereocenters. The highest BCUT2D eigenvalue weighted by Crippen LogP contribution is 1.91. The lowest BCUT2D eigenvalue weighted by molar-refractivity contribution is -0.138. The van der Waals surface area contributed by atoms with E-state index in [-0.39, 0.29) is 0 Å². The Kier molecular flexibility index (Phi) is 6.44. The van der Waals surface area contributed by atoms with Crippen LogP contribution in [0.3, 0.4) is 0 Å². The Labute approximate surface area is 85.5 Å². The second-order valence-corrected chi connectivity index (χ2v) is 3.86. The molecule has 0 aliphatic carbocycles. The first-order chi connectivity index (χ1) is 6.43. The van der Waals surface area contributed by atoms with Crippen LogP contribution in [-0.4, -0.2) is 67.7 Å². The molecule has 0 saturated heterocycles. The van der Waals surface area contributed by atoms with Gasteiger partial charge in [0, 0.05) is 6.54 Å². The minimum absolute atomic E-state index is 0.406. The number of nitrogens with two attached hydrogens (primary N) is 1. The fraction of sp³-hybridized carbons (Fsp3) is 0.889. The molecule has 5 heteroatoms. The third-order valence-corrected chi connectivity index (χ3v) is 1.97. The number of hydrogen-bond donors (Lipinski definition) is 2. The van der Waals surface area contributed by atoms with Gasteiger partial charge in [0.1, 0.15) is 6.04 Å². The van der Waals surface area contributed by atoms with Gasteiger partial charge in [0.05, 0.1) is 0 Å². The predicted octanol–water partition coefficient (Wildman–Crippen LogP) is -0.718. The molecule has 84 valence electrons. The zero-order chi connectivity index (χ0) is 11.1. The van der Waals surface area contributed by atoms with Crippen LogP contribution in [0.2, 0.25) is 0 Å². The molecule has 0 aromatic rings. The molecule has 0 fully saturated rings. The number of nitrogens with zero attached hydrogens (tertiary/aromatic N) is 2. The van der Waals surface area contributed by atoms with E-state index < -0.39 is 12.0 Å². The predicted molar refractivity (Wildman–Crippen MR) is 56.3 cm³/mol. The normalized spacial score (nSPS) is 13.6. The molecule has 0 spiro atoms. The maximum atomic E-state index is 10.5. The van der Waals surface area contributed by atoms with Gasteiger partial charge in [0.25, 0.3) is 0 Å². The van der Waals surface area contributed by atoms with Crippen LogP contribution < -0.4 is 5.73 Å². The minimum Gasteiger partial charge on any atom is -0.480 e. The standard InChI is InChI=1S/C9H21N3O2/c1-11(2)5-4-6-12(3)7-8(10)9(13)14/h8H,4-7,10H2,1-3H3,(H,13,14). The summed E-state index contributed by atoms with van der Waals surface area (Å²) in [6.45, 7) is 2.29. The Morgan fingerprint density at radius 1 is 1.36 bits per heavy atom. The molecule has 3 N–H and O–H groups in total. The molecule has 0 radical (unpaired) electrons. The molecule has 5 nitrogen and oxygen atoms in total. The van der Waals surface area contributed by atoms with Crippen LogP contribution in [0.15, 0.2) is 0 Å². The van der Waals surface area contributed by atoms with Crippen molar-refractivity contribution in [2.75, 3.05) is 40.8 Å². The summed E-state index contributed by atoms with van der Waals surface area (Å²) >= 11 is 0. The topological polar surface area (TPSA) is 69.8 Å². The Bertz CT molecular complexity index is 173. The Hall–Kier alpha value is -0.650. The fourth-order valence-electron chi connectivity index (χ4n) is 1.16. The summed E-state index contributed by atoms with van der Waals surface area (Å²) in [4.78, 5) is 14.5. The third-order valence-electron chi connectivity index (χ3n) is 1.97. The van der Waals surface area contributed by atoms with Crippen molar-refractivity contribution >= 4 is 5.97 Å². The van der Waals surface area contributed by atoms with Gasteiger partial charge in [-0.3, -0.25) is 4.79 Å². The van der Waals surface area contributed by atoms with Crippen molar-refractivity contribution in [2.45, 2.75) is 12.5 Å². The molecule has 1 unspecified atom stereocenters. The van der Waals surface area contributed by atoms with Crippen LogP contribution in [0, 0.1) is 0 Å². The average Bonchev–Trinajstić information content (AvgIpc) is 2.02. The van der Waals surface area contributed by atoms with E-state index in [4.69, 9.17) is 10.8 Å². The van der Waals surface area contributed by atoms with Gasteiger partial charge in [-0.05, 0) is 40.7 Å². The molecule has 0 rings (SSSR count). The summed E-state index contributed by atoms with van der Waals surface area (Å²) < 4.78 is 0. The van der Waals surface area contributed by atoms with Crippen LogP contribution in [0.4, 0.5) is 0 Å². The lowest BCUT2D eigenvalue weighted by Crippen LogP contribution is -2.41. The van der Waals surface area contributed by atoms with E-state index in [9.17, 15) is 4.79 Å². The lowest BCUT2D eigenvalue weighted by Gasteiger charge is -2.19. The molecule has 14 heavy (non-hydrogen) atoms. The van der Waals surface area contributed by atoms with Crippen LogP contribution in [0.25, 0.3) is 0 Å². The molecule has 0 aliphatic heterocycles. The van der Waals surface area contributed by atoms with Gasteiger partial charge in [-0.15, -0.1) is 0 Å². The number of hydrogen-bond acceptors (Lipinski definition) is 4. The molecule has 0 saturated carbocycles. The Morgan fingerprint density at radius 2 is 1.93 bits per heavy atom. The zero-order valence-corrected chi connectivity index (χ0v) is 9.23. The molecular weight excluding hydrogens is 182 g/mol. The fourth-order valence-corrected chi connectivity index (χ4v) is 1.16. The smallest absolute Gasteiger partial charge is 0.321 e. The first kappa shape index (κ1) is 13.4. The summed E-state index contributed by atoms with van der Waals surface area (Å²) in [5, 5.41) is 8.58. The minimum atomic E-state index is -0.940. The SMILES string of the molecule is CN(C)CCCN(C)CC(N)C(=O)O. The van der Waals surface area contributed by atoms with Crippen molar-refractivity contribution in [3.05, 3.63) is 0 Å². The molecule has 0 heterocycles. The van der Waals surface area contributed by atoms with Crippen molar-refractivity contribution in [1.29, 1.82) is 0 Å². The van der Waals surface area contributed by atoms with Crippen molar-refractivity contribution in [3.8, 4) is 0 Å². The van der Waals surface area contributed by atoms with Gasteiger partial charge in [0.15, 0.2) is 0 Å². The van der Waals surface area contributed by atoms with E-state index in [1.54, 1.807) is 0 Å². The van der Waals surface area contributed by atoms with E-state index >= 15 is 0 Å². The van der Waals surface area contributed by atoms with E-state index in [2.05, 4.69) is 4.90 Å². The van der Waals surface area contributed by atoms with Crippen molar-refractivity contribution < 1.29 is 9.90 Å². The van der Waals surface area contributed by atoms with Crippen LogP contribution in [0.5, 0.6) is 0 Å². The number of carbonyl (C=O) groups is 1. The molecular formula is C9H21N3O2. The van der Waals surface area contributed by atoms with Crippen LogP contribution in [0.1, 0.15) is 6.42 Å². The highest BCUT2D eigenvalue weighted by molar-refractivity contribution is 5.73. The van der Waals surface area contributed by atoms with Crippen molar-refractivity contribution in [2.24, 2.45) is 5.73 Å². The first-order valence-electron chi connectivity index (χ1n) is 4.75. The van der Waals surface area contributed by atoms with Gasteiger partial charge in [0.2, 0.25) is 0 Å². The van der Waals surface area contributed by atoms with Gasteiger partial charge >= 0.3 is 5.97 Å². The number of aliphatic carboxylic acids is 1. The van der Waals surface area contributed by atoms with Crippen LogP contribution >= 0.6 is 0 Å². The number of carboxylic acids is 1. The summed E-state index contributed by atoms with van der Waals surface area (Å²) in [5.74, 6) is -0.940. The number of carboxylic acid groups (broad SMARTS) is 1. The van der Waals surface area contributed by atoms with E-state index in [1.807, 2.05) is 26.0 Å². The highest BCUT2D eigenvalue weighted by atomic mass is 16.4. The second-order valence-electron chi connectivity index (χ2n) is 3.86. The van der Waals surface area contributed by atoms with Gasteiger partial charge in [-0.1, -0.05) is 0 Å². The van der Waals surface area contributed by atoms with E-state index in [0.717, 1.165) is 19.5 Å². The Balaban J connectivity index is 3.55. The van der Waals surface area contributed by atoms with E-state index in [0.29, 0.717) is 6.54 Å². The summed E-state index contributed by atoms with van der Waals surface area (Å²) in [6, 6.07) is -0.778. The maximum absolute atomic E-state index is 10.5. The molecule has 0 amide bonds. The van der Waals surface area contributed by atoms with Gasteiger partial charge in [-0.25, -0.2) is 0 Å². The second kappa shape index (κ2) is 6.75. The number of rotatable bonds is 7. The summed E-state index contributed by atoms with van der Waals surface area (Å²) in [6.07, 6.45) is 1.02. The van der Waals surface area contributed by atoms with Crippen molar-refractivity contribution in [1.82, 2.24) is 9.80 Å². The zero-order valence-electron chi connectivity index (χ0n) is 9.23. The largest absolute Gasteiger partial charge is 0.480 e. The van der Waals surface area contributed by atoms with Crippen molar-refractivity contribution in [3.63, 3.8) is 0 Å². The molecule has 0 aromatic carbocycles. The Morgan fingerprint density at radius 3 is 2.36 bits per heavy atom.